The number of aryl methyl sites for hydroxylation is 2. The summed E-state index contributed by atoms with van der Waals surface area (Å²) < 4.78 is 30.4. The summed E-state index contributed by atoms with van der Waals surface area (Å²) in [5, 5.41) is 9.39. The summed E-state index contributed by atoms with van der Waals surface area (Å²) in [6.45, 7) is 6.98. The van der Waals surface area contributed by atoms with Crippen molar-refractivity contribution >= 4 is 23.5 Å². The summed E-state index contributed by atoms with van der Waals surface area (Å²) >= 11 is 0. The predicted octanol–water partition coefficient (Wildman–Crippen LogP) is 3.38. The Hall–Kier alpha value is -1.79. The van der Waals surface area contributed by atoms with Gasteiger partial charge in [0.05, 0.1) is 5.25 Å². The van der Waals surface area contributed by atoms with Crippen molar-refractivity contribution in [3.05, 3.63) is 52.6 Å². The normalized spacial score (nSPS) is 12.4. The van der Waals surface area contributed by atoms with Crippen LogP contribution in [0.1, 0.15) is 36.1 Å². The van der Waals surface area contributed by atoms with E-state index in [2.05, 4.69) is 6.30 Å². The second kappa shape index (κ2) is 8.29. The molecule has 6 nitrogen and oxygen atoms in total. The monoisotopic (exact) mass is 426 g/mol. The SMILES string of the molecule is C=P(O)(O)COc1cc(C)c(Cc2ccc(O)c(S(=O)(=O)C(C)C)c2)c(C)c1. The van der Waals surface area contributed by atoms with Crippen LogP contribution in [0.4, 0.5) is 0 Å². The van der Waals surface area contributed by atoms with Gasteiger partial charge in [-0.25, -0.2) is 8.42 Å². The fraction of sp³-hybridized carbons (Fsp3) is 0.350. The molecule has 0 saturated heterocycles. The Balaban J connectivity index is 2.35. The van der Waals surface area contributed by atoms with Gasteiger partial charge in [-0.1, -0.05) is 6.07 Å². The van der Waals surface area contributed by atoms with E-state index in [9.17, 15) is 23.3 Å². The maximum Gasteiger partial charge on any atom is 0.184 e. The number of phenols is 1. The number of aromatic hydroxyl groups is 1. The molecule has 2 aromatic carbocycles. The molecule has 0 aliphatic rings. The van der Waals surface area contributed by atoms with Gasteiger partial charge in [0.15, 0.2) is 16.2 Å². The van der Waals surface area contributed by atoms with Crippen LogP contribution in [0.5, 0.6) is 11.5 Å². The molecule has 2 rings (SSSR count). The van der Waals surface area contributed by atoms with Crippen molar-refractivity contribution < 1.29 is 28.0 Å². The van der Waals surface area contributed by atoms with Crippen molar-refractivity contribution in [2.24, 2.45) is 0 Å². The fourth-order valence-electron chi connectivity index (χ4n) is 2.85. The van der Waals surface area contributed by atoms with Crippen molar-refractivity contribution in [3.63, 3.8) is 0 Å². The highest BCUT2D eigenvalue weighted by Gasteiger charge is 2.23. The largest absolute Gasteiger partial charge is 0.507 e. The lowest BCUT2D eigenvalue weighted by atomic mass is 9.96. The lowest BCUT2D eigenvalue weighted by molar-refractivity contribution is 0.344. The summed E-state index contributed by atoms with van der Waals surface area (Å²) in [6.07, 6.45) is 3.52. The van der Waals surface area contributed by atoms with E-state index >= 15 is 0 Å². The topological polar surface area (TPSA) is 104 Å². The Labute approximate surface area is 166 Å². The Morgan fingerprint density at radius 1 is 1.11 bits per heavy atom. The van der Waals surface area contributed by atoms with Gasteiger partial charge in [-0.05, 0) is 86.9 Å². The van der Waals surface area contributed by atoms with Gasteiger partial charge >= 0.3 is 0 Å². The number of rotatable bonds is 7. The van der Waals surface area contributed by atoms with E-state index in [0.29, 0.717) is 12.2 Å². The van der Waals surface area contributed by atoms with E-state index in [0.717, 1.165) is 22.3 Å². The lowest BCUT2D eigenvalue weighted by Gasteiger charge is -2.16. The Morgan fingerprint density at radius 2 is 1.68 bits per heavy atom. The molecular formula is C20H27O6PS. The highest BCUT2D eigenvalue weighted by atomic mass is 32.2. The maximum absolute atomic E-state index is 12.5. The van der Waals surface area contributed by atoms with Crippen LogP contribution in [0.25, 0.3) is 0 Å². The van der Waals surface area contributed by atoms with Gasteiger partial charge < -0.3 is 19.6 Å². The van der Waals surface area contributed by atoms with Crippen LogP contribution in [-0.2, 0) is 16.3 Å². The molecule has 0 aliphatic heterocycles. The first-order valence-electron chi connectivity index (χ1n) is 8.78. The Morgan fingerprint density at radius 3 is 2.18 bits per heavy atom. The summed E-state index contributed by atoms with van der Waals surface area (Å²) in [5.41, 5.74) is 3.64. The van der Waals surface area contributed by atoms with E-state index in [1.54, 1.807) is 32.0 Å². The third kappa shape index (κ3) is 5.39. The van der Waals surface area contributed by atoms with Crippen LogP contribution in [-0.4, -0.2) is 41.2 Å². The molecule has 8 heteroatoms. The number of sulfone groups is 1. The van der Waals surface area contributed by atoms with Crippen LogP contribution < -0.4 is 4.74 Å². The summed E-state index contributed by atoms with van der Waals surface area (Å²) in [6, 6.07) is 8.23. The second-order valence-corrected chi connectivity index (χ2v) is 11.7. The third-order valence-electron chi connectivity index (χ3n) is 4.44. The van der Waals surface area contributed by atoms with Crippen molar-refractivity contribution in [2.45, 2.75) is 44.3 Å². The quantitative estimate of drug-likeness (QED) is 0.587. The molecular weight excluding hydrogens is 399 g/mol. The molecule has 0 aliphatic carbocycles. The van der Waals surface area contributed by atoms with Crippen LogP contribution in [0, 0.1) is 13.8 Å². The van der Waals surface area contributed by atoms with Crippen LogP contribution in [0.2, 0.25) is 0 Å². The fourth-order valence-corrected chi connectivity index (χ4v) is 4.39. The number of hydrogen-bond donors (Lipinski definition) is 3. The van der Waals surface area contributed by atoms with Crippen LogP contribution in [0.15, 0.2) is 35.2 Å². The number of benzene rings is 2. The van der Waals surface area contributed by atoms with Crippen molar-refractivity contribution in [2.75, 3.05) is 6.35 Å². The zero-order valence-corrected chi connectivity index (χ0v) is 18.2. The number of ether oxygens (including phenoxy) is 1. The van der Waals surface area contributed by atoms with E-state index in [-0.39, 0.29) is 17.0 Å². The third-order valence-corrected chi connectivity index (χ3v) is 7.16. The molecule has 0 atom stereocenters. The molecule has 28 heavy (non-hydrogen) atoms. The zero-order valence-electron chi connectivity index (χ0n) is 16.5. The average molecular weight is 426 g/mol. The number of phenolic OH excluding ortho intramolecular Hbond substituents is 1. The molecule has 0 fully saturated rings. The van der Waals surface area contributed by atoms with Gasteiger partial charge in [0.2, 0.25) is 0 Å². The van der Waals surface area contributed by atoms with E-state index in [1.807, 2.05) is 13.8 Å². The van der Waals surface area contributed by atoms with Crippen molar-refractivity contribution in [3.8, 4) is 11.5 Å². The Kier molecular flexibility index (Phi) is 6.66. The van der Waals surface area contributed by atoms with Crippen LogP contribution >= 0.6 is 7.34 Å². The molecule has 2 aromatic rings. The molecule has 3 N–H and O–H groups in total. The molecule has 0 unspecified atom stereocenters. The summed E-state index contributed by atoms with van der Waals surface area (Å²) in [4.78, 5) is 18.7. The van der Waals surface area contributed by atoms with E-state index in [1.165, 1.54) is 12.1 Å². The first-order valence-corrected chi connectivity index (χ1v) is 12.4. The van der Waals surface area contributed by atoms with E-state index in [4.69, 9.17) is 4.74 Å². The van der Waals surface area contributed by atoms with Crippen molar-refractivity contribution in [1.82, 2.24) is 0 Å². The number of hydrogen-bond acceptors (Lipinski definition) is 6. The van der Waals surface area contributed by atoms with Gasteiger partial charge in [-0.2, -0.15) is 0 Å². The molecule has 0 radical (unpaired) electrons. The van der Waals surface area contributed by atoms with Gasteiger partial charge in [-0.3, -0.25) is 0 Å². The van der Waals surface area contributed by atoms with Gasteiger partial charge in [0, 0.05) is 0 Å². The van der Waals surface area contributed by atoms with E-state index < -0.39 is 22.4 Å². The van der Waals surface area contributed by atoms with Crippen LogP contribution in [0.3, 0.4) is 0 Å². The standard InChI is InChI=1S/C20H27O6PS/c1-13(2)28(24,25)20-11-16(6-7-19(20)21)10-18-14(3)8-17(9-15(18)4)26-12-27(5,22)23/h6-9,11,13,21-23H,5,10,12H2,1-4H3. The molecule has 154 valence electrons. The van der Waals surface area contributed by atoms with Gasteiger partial charge in [-0.15, -0.1) is 0 Å². The molecule has 0 spiro atoms. The van der Waals surface area contributed by atoms with Crippen molar-refractivity contribution in [1.29, 1.82) is 0 Å². The zero-order chi connectivity index (χ0) is 21.3. The molecule has 0 heterocycles. The maximum atomic E-state index is 12.5. The lowest BCUT2D eigenvalue weighted by Crippen LogP contribution is -2.14. The molecule has 0 amide bonds. The highest BCUT2D eigenvalue weighted by Crippen LogP contribution is 2.35. The minimum absolute atomic E-state index is 0.0584. The summed E-state index contributed by atoms with van der Waals surface area (Å²) in [7, 11) is -6.86. The first-order chi connectivity index (χ1) is 12.8. The van der Waals surface area contributed by atoms with Gasteiger partial charge in [0.1, 0.15) is 23.7 Å². The smallest absolute Gasteiger partial charge is 0.184 e. The molecule has 0 bridgehead atoms. The first kappa shape index (κ1) is 22.5. The minimum Gasteiger partial charge on any atom is -0.507 e. The summed E-state index contributed by atoms with van der Waals surface area (Å²) in [5.74, 6) is 0.270. The molecule has 0 aromatic heterocycles. The molecule has 0 saturated carbocycles. The van der Waals surface area contributed by atoms with Gasteiger partial charge in [0.25, 0.3) is 0 Å². The minimum atomic E-state index is -3.59. The second-order valence-electron chi connectivity index (χ2n) is 7.26. The highest BCUT2D eigenvalue weighted by molar-refractivity contribution is 7.92. The Bertz CT molecular complexity index is 998. The average Bonchev–Trinajstić information content (AvgIpc) is 2.56. The predicted molar refractivity (Wildman–Crippen MR) is 113 cm³/mol.